The van der Waals surface area contributed by atoms with Gasteiger partial charge in [-0.25, -0.2) is 4.98 Å². The SMILES string of the molecule is CCCC[C@](C)(CO)Nc1cc(N)nc(Cc2ccc(C(=O)N3CCN(C)CC3)cc2)c1. The number of hydrogen-bond donors (Lipinski definition) is 3. The Bertz CT molecular complexity index is 894. The first kappa shape index (κ1) is 24.0. The van der Waals surface area contributed by atoms with Crippen LogP contribution < -0.4 is 11.1 Å². The van der Waals surface area contributed by atoms with Gasteiger partial charge >= 0.3 is 0 Å². The largest absolute Gasteiger partial charge is 0.394 e. The molecule has 2 heterocycles. The lowest BCUT2D eigenvalue weighted by Gasteiger charge is -2.32. The Morgan fingerprint density at radius 2 is 1.88 bits per heavy atom. The lowest BCUT2D eigenvalue weighted by molar-refractivity contribution is 0.0664. The number of aliphatic hydroxyl groups excluding tert-OH is 1. The number of nitrogens with two attached hydrogens (primary N) is 1. The van der Waals surface area contributed by atoms with Gasteiger partial charge in [0.15, 0.2) is 0 Å². The average molecular weight is 440 g/mol. The third kappa shape index (κ3) is 6.43. The number of carbonyl (C=O) groups excluding carboxylic acids is 1. The second kappa shape index (κ2) is 10.8. The lowest BCUT2D eigenvalue weighted by Crippen LogP contribution is -2.47. The van der Waals surface area contributed by atoms with Gasteiger partial charge in [0.25, 0.3) is 5.91 Å². The third-order valence-electron chi connectivity index (χ3n) is 6.15. The van der Waals surface area contributed by atoms with Gasteiger partial charge in [-0.15, -0.1) is 0 Å². The molecule has 3 rings (SSSR count). The number of amides is 1. The van der Waals surface area contributed by atoms with E-state index in [1.807, 2.05) is 42.2 Å². The van der Waals surface area contributed by atoms with E-state index in [0.29, 0.717) is 12.2 Å². The molecular formula is C25H37N5O2. The Kier molecular flexibility index (Phi) is 8.10. The molecule has 1 amide bonds. The number of benzene rings is 1. The van der Waals surface area contributed by atoms with E-state index < -0.39 is 5.54 Å². The average Bonchev–Trinajstić information content (AvgIpc) is 2.78. The van der Waals surface area contributed by atoms with Crippen LogP contribution in [0.2, 0.25) is 0 Å². The summed E-state index contributed by atoms with van der Waals surface area (Å²) < 4.78 is 0. The molecule has 0 aliphatic carbocycles. The van der Waals surface area contributed by atoms with Crippen molar-refractivity contribution in [2.24, 2.45) is 0 Å². The van der Waals surface area contributed by atoms with Crippen LogP contribution in [0.1, 0.15) is 54.7 Å². The Hall–Kier alpha value is -2.64. The molecule has 7 nitrogen and oxygen atoms in total. The molecule has 4 N–H and O–H groups in total. The van der Waals surface area contributed by atoms with Gasteiger partial charge in [-0.1, -0.05) is 31.9 Å². The fourth-order valence-corrected chi connectivity index (χ4v) is 4.04. The molecule has 1 aromatic carbocycles. The molecule has 1 atom stereocenters. The van der Waals surface area contributed by atoms with Crippen molar-refractivity contribution < 1.29 is 9.90 Å². The second-order valence-electron chi connectivity index (χ2n) is 9.19. The van der Waals surface area contributed by atoms with Gasteiger partial charge in [0.05, 0.1) is 12.1 Å². The number of piperazine rings is 1. The van der Waals surface area contributed by atoms with Crippen LogP contribution in [0.25, 0.3) is 0 Å². The molecule has 174 valence electrons. The van der Waals surface area contributed by atoms with Gasteiger partial charge < -0.3 is 26.0 Å². The molecule has 0 unspecified atom stereocenters. The summed E-state index contributed by atoms with van der Waals surface area (Å²) in [7, 11) is 2.08. The predicted octanol–water partition coefficient (Wildman–Crippen LogP) is 3.00. The van der Waals surface area contributed by atoms with E-state index in [-0.39, 0.29) is 12.5 Å². The summed E-state index contributed by atoms with van der Waals surface area (Å²) in [5.41, 5.74) is 9.17. The Balaban J connectivity index is 1.67. The zero-order valence-electron chi connectivity index (χ0n) is 19.6. The third-order valence-corrected chi connectivity index (χ3v) is 6.15. The summed E-state index contributed by atoms with van der Waals surface area (Å²) in [6.45, 7) is 7.58. The van der Waals surface area contributed by atoms with Crippen LogP contribution in [0.5, 0.6) is 0 Å². The topological polar surface area (TPSA) is 94.7 Å². The summed E-state index contributed by atoms with van der Waals surface area (Å²) in [6.07, 6.45) is 3.61. The molecular weight excluding hydrogens is 402 g/mol. The number of pyridine rings is 1. The van der Waals surface area contributed by atoms with E-state index in [1.165, 1.54) is 0 Å². The van der Waals surface area contributed by atoms with Crippen molar-refractivity contribution in [3.63, 3.8) is 0 Å². The van der Waals surface area contributed by atoms with Gasteiger partial charge in [0.1, 0.15) is 5.82 Å². The summed E-state index contributed by atoms with van der Waals surface area (Å²) in [5, 5.41) is 13.3. The van der Waals surface area contributed by atoms with Crippen molar-refractivity contribution in [2.45, 2.75) is 45.1 Å². The number of unbranched alkanes of at least 4 members (excludes halogenated alkanes) is 1. The first-order valence-corrected chi connectivity index (χ1v) is 11.5. The van der Waals surface area contributed by atoms with E-state index >= 15 is 0 Å². The highest BCUT2D eigenvalue weighted by Gasteiger charge is 2.23. The minimum absolute atomic E-state index is 0.0490. The number of anilines is 2. The molecule has 1 aliphatic heterocycles. The quantitative estimate of drug-likeness (QED) is 0.556. The minimum Gasteiger partial charge on any atom is -0.394 e. The van der Waals surface area contributed by atoms with Crippen LogP contribution in [0, 0.1) is 0 Å². The highest BCUT2D eigenvalue weighted by molar-refractivity contribution is 5.94. The maximum absolute atomic E-state index is 12.8. The molecule has 32 heavy (non-hydrogen) atoms. The first-order chi connectivity index (χ1) is 15.3. The van der Waals surface area contributed by atoms with E-state index in [0.717, 1.165) is 67.9 Å². The van der Waals surface area contributed by atoms with E-state index in [1.54, 1.807) is 6.07 Å². The maximum atomic E-state index is 12.8. The molecule has 0 bridgehead atoms. The number of carbonyl (C=O) groups is 1. The number of rotatable bonds is 9. The van der Waals surface area contributed by atoms with Crippen LogP contribution >= 0.6 is 0 Å². The van der Waals surface area contributed by atoms with Gasteiger partial charge in [-0.2, -0.15) is 0 Å². The van der Waals surface area contributed by atoms with Gasteiger partial charge in [0, 0.05) is 55.6 Å². The molecule has 1 fully saturated rings. The van der Waals surface area contributed by atoms with Crippen LogP contribution in [0.3, 0.4) is 0 Å². The Labute approximate surface area is 191 Å². The minimum atomic E-state index is -0.396. The number of nitrogen functional groups attached to an aromatic ring is 1. The number of nitrogens with zero attached hydrogens (tertiary/aromatic N) is 3. The van der Waals surface area contributed by atoms with Crippen molar-refractivity contribution in [3.8, 4) is 0 Å². The fraction of sp³-hybridized carbons (Fsp3) is 0.520. The van der Waals surface area contributed by atoms with Gasteiger partial charge in [-0.05, 0) is 44.2 Å². The smallest absolute Gasteiger partial charge is 0.253 e. The van der Waals surface area contributed by atoms with E-state index in [9.17, 15) is 9.90 Å². The zero-order valence-corrected chi connectivity index (χ0v) is 19.6. The summed E-state index contributed by atoms with van der Waals surface area (Å²) in [4.78, 5) is 21.4. The molecule has 0 spiro atoms. The molecule has 1 aromatic heterocycles. The molecule has 0 radical (unpaired) electrons. The fourth-order valence-electron chi connectivity index (χ4n) is 4.04. The van der Waals surface area contributed by atoms with Crippen molar-refractivity contribution >= 4 is 17.4 Å². The summed E-state index contributed by atoms with van der Waals surface area (Å²) >= 11 is 0. The predicted molar refractivity (Wildman–Crippen MR) is 130 cm³/mol. The van der Waals surface area contributed by atoms with Gasteiger partial charge in [0.2, 0.25) is 0 Å². The first-order valence-electron chi connectivity index (χ1n) is 11.5. The normalized spacial score (nSPS) is 16.6. The maximum Gasteiger partial charge on any atom is 0.253 e. The van der Waals surface area contributed by atoms with Crippen molar-refractivity contribution in [2.75, 3.05) is 50.9 Å². The highest BCUT2D eigenvalue weighted by Crippen LogP contribution is 2.23. The van der Waals surface area contributed by atoms with Crippen LogP contribution in [-0.2, 0) is 6.42 Å². The number of likely N-dealkylation sites (N-methyl/N-ethyl adjacent to an activating group) is 1. The molecule has 1 aliphatic rings. The monoisotopic (exact) mass is 439 g/mol. The second-order valence-corrected chi connectivity index (χ2v) is 9.19. The van der Waals surface area contributed by atoms with Gasteiger partial charge in [-0.3, -0.25) is 4.79 Å². The van der Waals surface area contributed by atoms with Crippen molar-refractivity contribution in [3.05, 3.63) is 53.2 Å². The number of hydrogen-bond acceptors (Lipinski definition) is 6. The zero-order chi connectivity index (χ0) is 23.1. The number of aromatic nitrogens is 1. The Morgan fingerprint density at radius 3 is 2.50 bits per heavy atom. The number of nitrogens with one attached hydrogen (secondary N) is 1. The van der Waals surface area contributed by atoms with Crippen LogP contribution in [-0.4, -0.2) is 71.2 Å². The highest BCUT2D eigenvalue weighted by atomic mass is 16.3. The van der Waals surface area contributed by atoms with Crippen LogP contribution in [0.4, 0.5) is 11.5 Å². The summed E-state index contributed by atoms with van der Waals surface area (Å²) in [5.74, 6) is 0.538. The van der Waals surface area contributed by atoms with Crippen LogP contribution in [0.15, 0.2) is 36.4 Å². The Morgan fingerprint density at radius 1 is 1.19 bits per heavy atom. The standard InChI is InChI=1S/C25H37N5O2/c1-4-5-10-25(2,18-31)28-22-16-21(27-23(26)17-22)15-19-6-8-20(9-7-19)24(32)30-13-11-29(3)12-14-30/h6-9,16-17,31H,4-5,10-15,18H2,1-3H3,(H3,26,27,28)/t25-/m1/s1. The molecule has 0 saturated carbocycles. The summed E-state index contributed by atoms with van der Waals surface area (Å²) in [6, 6.07) is 11.6. The van der Waals surface area contributed by atoms with E-state index in [2.05, 4.69) is 29.2 Å². The van der Waals surface area contributed by atoms with Crippen molar-refractivity contribution in [1.29, 1.82) is 0 Å². The van der Waals surface area contributed by atoms with Crippen molar-refractivity contribution in [1.82, 2.24) is 14.8 Å². The number of aliphatic hydroxyl groups is 1. The molecule has 1 saturated heterocycles. The molecule has 7 heteroatoms. The lowest BCUT2D eigenvalue weighted by atomic mass is 9.95. The molecule has 2 aromatic rings. The van der Waals surface area contributed by atoms with E-state index in [4.69, 9.17) is 5.73 Å².